The number of methoxy groups -OCH3 is 1. The van der Waals surface area contributed by atoms with Gasteiger partial charge in [0.15, 0.2) is 0 Å². The summed E-state index contributed by atoms with van der Waals surface area (Å²) < 4.78 is 11.6. The van der Waals surface area contributed by atoms with Crippen LogP contribution in [0.1, 0.15) is 16.7 Å². The van der Waals surface area contributed by atoms with Crippen LogP contribution in [0.5, 0.6) is 11.5 Å². The molecule has 0 saturated carbocycles. The summed E-state index contributed by atoms with van der Waals surface area (Å²) in [4.78, 5) is 0. The molecule has 1 unspecified atom stereocenters. The fourth-order valence-electron chi connectivity index (χ4n) is 2.76. The molecule has 1 aliphatic rings. The van der Waals surface area contributed by atoms with Gasteiger partial charge < -0.3 is 14.8 Å². The predicted molar refractivity (Wildman–Crippen MR) is 85.5 cm³/mol. The molecule has 21 heavy (non-hydrogen) atoms. The van der Waals surface area contributed by atoms with Gasteiger partial charge in [-0.3, -0.25) is 0 Å². The number of rotatable bonds is 3. The van der Waals surface area contributed by atoms with Gasteiger partial charge in [-0.1, -0.05) is 23.8 Å². The van der Waals surface area contributed by atoms with Crippen molar-refractivity contribution in [3.8, 4) is 11.5 Å². The minimum Gasteiger partial charge on any atom is -0.496 e. The van der Waals surface area contributed by atoms with Gasteiger partial charge >= 0.3 is 0 Å². The summed E-state index contributed by atoms with van der Waals surface area (Å²) in [5.74, 6) is 1.86. The summed E-state index contributed by atoms with van der Waals surface area (Å²) in [5, 5.41) is 3.46. The first-order chi connectivity index (χ1) is 10.2. The minimum atomic E-state index is 0.121. The van der Waals surface area contributed by atoms with E-state index in [4.69, 9.17) is 9.47 Å². The maximum Gasteiger partial charge on any atom is 0.142 e. The van der Waals surface area contributed by atoms with Gasteiger partial charge in [-0.05, 0) is 43.2 Å². The molecule has 2 aromatic carbocycles. The first-order valence-corrected chi connectivity index (χ1v) is 7.30. The van der Waals surface area contributed by atoms with Crippen LogP contribution in [0.25, 0.3) is 0 Å². The van der Waals surface area contributed by atoms with Crippen LogP contribution in [0.3, 0.4) is 0 Å². The number of fused-ring (bicyclic) bond motifs is 1. The van der Waals surface area contributed by atoms with Crippen molar-refractivity contribution < 1.29 is 9.47 Å². The Morgan fingerprint density at radius 2 is 1.90 bits per heavy atom. The molecule has 3 nitrogen and oxygen atoms in total. The maximum absolute atomic E-state index is 6.11. The van der Waals surface area contributed by atoms with E-state index in [9.17, 15) is 0 Å². The average Bonchev–Trinajstić information content (AvgIpc) is 2.48. The molecule has 0 radical (unpaired) electrons. The van der Waals surface area contributed by atoms with Crippen molar-refractivity contribution in [1.29, 1.82) is 0 Å². The largest absolute Gasteiger partial charge is 0.496 e. The molecule has 0 aliphatic carbocycles. The van der Waals surface area contributed by atoms with E-state index < -0.39 is 0 Å². The van der Waals surface area contributed by atoms with Gasteiger partial charge in [0.1, 0.15) is 17.6 Å². The van der Waals surface area contributed by atoms with E-state index in [1.54, 1.807) is 7.11 Å². The fourth-order valence-corrected chi connectivity index (χ4v) is 2.76. The molecule has 0 amide bonds. The number of hydrogen-bond acceptors (Lipinski definition) is 3. The van der Waals surface area contributed by atoms with Crippen molar-refractivity contribution in [3.05, 3.63) is 53.1 Å². The van der Waals surface area contributed by atoms with E-state index in [-0.39, 0.29) is 6.10 Å². The first-order valence-electron chi connectivity index (χ1n) is 7.30. The second kappa shape index (κ2) is 5.68. The molecule has 0 bridgehead atoms. The highest BCUT2D eigenvalue weighted by Gasteiger charge is 2.21. The monoisotopic (exact) mass is 283 g/mol. The molecule has 1 atom stereocenters. The molecule has 1 aliphatic heterocycles. The molecule has 0 aromatic heterocycles. The second-order valence-corrected chi connectivity index (χ2v) is 5.64. The Morgan fingerprint density at radius 1 is 1.14 bits per heavy atom. The number of aryl methyl sites for hydroxylation is 2. The second-order valence-electron chi connectivity index (χ2n) is 5.64. The Hall–Kier alpha value is -2.16. The lowest BCUT2D eigenvalue weighted by molar-refractivity contribution is 0.205. The third-order valence-electron chi connectivity index (χ3n) is 3.83. The van der Waals surface area contributed by atoms with Crippen LogP contribution in [-0.2, 0) is 6.42 Å². The van der Waals surface area contributed by atoms with Crippen LogP contribution in [0, 0.1) is 13.8 Å². The minimum absolute atomic E-state index is 0.121. The number of nitrogens with one attached hydrogen (secondary N) is 1. The van der Waals surface area contributed by atoms with Crippen molar-refractivity contribution in [2.75, 3.05) is 19.0 Å². The highest BCUT2D eigenvalue weighted by Crippen LogP contribution is 2.31. The van der Waals surface area contributed by atoms with Gasteiger partial charge in [-0.15, -0.1) is 0 Å². The number of anilines is 1. The highest BCUT2D eigenvalue weighted by atomic mass is 16.5. The lowest BCUT2D eigenvalue weighted by Crippen LogP contribution is -2.32. The number of benzene rings is 2. The maximum atomic E-state index is 6.11. The SMILES string of the molecule is COc1ccc(C)cc1CC1CNc2cc(C)ccc2O1. The lowest BCUT2D eigenvalue weighted by Gasteiger charge is -2.28. The quantitative estimate of drug-likeness (QED) is 0.931. The van der Waals surface area contributed by atoms with Crippen molar-refractivity contribution in [2.45, 2.75) is 26.4 Å². The summed E-state index contributed by atoms with van der Waals surface area (Å²) in [7, 11) is 1.71. The third-order valence-corrected chi connectivity index (χ3v) is 3.83. The molecule has 0 saturated heterocycles. The Bertz CT molecular complexity index is 652. The molecule has 0 spiro atoms. The van der Waals surface area contributed by atoms with Crippen molar-refractivity contribution >= 4 is 5.69 Å². The van der Waals surface area contributed by atoms with E-state index in [2.05, 4.69) is 43.4 Å². The zero-order chi connectivity index (χ0) is 14.8. The summed E-state index contributed by atoms with van der Waals surface area (Å²) in [5.41, 5.74) is 4.76. The van der Waals surface area contributed by atoms with Gasteiger partial charge in [0.2, 0.25) is 0 Å². The summed E-state index contributed by atoms with van der Waals surface area (Å²) >= 11 is 0. The van der Waals surface area contributed by atoms with Gasteiger partial charge in [0, 0.05) is 6.42 Å². The van der Waals surface area contributed by atoms with Gasteiger partial charge in [-0.25, -0.2) is 0 Å². The lowest BCUT2D eigenvalue weighted by atomic mass is 10.0. The highest BCUT2D eigenvalue weighted by molar-refractivity contribution is 5.59. The Labute approximate surface area is 125 Å². The third kappa shape index (κ3) is 2.97. The topological polar surface area (TPSA) is 30.5 Å². The molecular formula is C18H21NO2. The zero-order valence-corrected chi connectivity index (χ0v) is 12.8. The molecule has 2 aromatic rings. The average molecular weight is 283 g/mol. The zero-order valence-electron chi connectivity index (χ0n) is 12.8. The van der Waals surface area contributed by atoms with Crippen LogP contribution < -0.4 is 14.8 Å². The normalized spacial score (nSPS) is 16.6. The Kier molecular flexibility index (Phi) is 3.74. The molecule has 1 N–H and O–H groups in total. The van der Waals surface area contributed by atoms with E-state index in [0.29, 0.717) is 0 Å². The first kappa shape index (κ1) is 13.8. The molecule has 3 heteroatoms. The van der Waals surface area contributed by atoms with Crippen molar-refractivity contribution in [1.82, 2.24) is 0 Å². The number of hydrogen-bond donors (Lipinski definition) is 1. The van der Waals surface area contributed by atoms with Crippen molar-refractivity contribution in [3.63, 3.8) is 0 Å². The van der Waals surface area contributed by atoms with Crippen LogP contribution in [0.15, 0.2) is 36.4 Å². The molecule has 110 valence electrons. The van der Waals surface area contributed by atoms with Gasteiger partial charge in [0.05, 0.1) is 19.3 Å². The fraction of sp³-hybridized carbons (Fsp3) is 0.333. The van der Waals surface area contributed by atoms with Gasteiger partial charge in [0.25, 0.3) is 0 Å². The Balaban J connectivity index is 1.78. The molecule has 1 heterocycles. The van der Waals surface area contributed by atoms with E-state index in [1.807, 2.05) is 12.1 Å². The number of ether oxygens (including phenoxy) is 2. The van der Waals surface area contributed by atoms with Gasteiger partial charge in [-0.2, -0.15) is 0 Å². The predicted octanol–water partition coefficient (Wildman–Crippen LogP) is 3.73. The molecular weight excluding hydrogens is 262 g/mol. The summed E-state index contributed by atoms with van der Waals surface area (Å²) in [6, 6.07) is 12.5. The van der Waals surface area contributed by atoms with Crippen molar-refractivity contribution in [2.24, 2.45) is 0 Å². The van der Waals surface area contributed by atoms with Crippen LogP contribution in [0.4, 0.5) is 5.69 Å². The van der Waals surface area contributed by atoms with E-state index >= 15 is 0 Å². The smallest absolute Gasteiger partial charge is 0.142 e. The van der Waals surface area contributed by atoms with E-state index in [1.165, 1.54) is 16.7 Å². The van der Waals surface area contributed by atoms with Crippen LogP contribution in [0.2, 0.25) is 0 Å². The summed E-state index contributed by atoms with van der Waals surface area (Å²) in [6.45, 7) is 5.00. The molecule has 3 rings (SSSR count). The van der Waals surface area contributed by atoms with Crippen LogP contribution >= 0.6 is 0 Å². The molecule has 0 fully saturated rings. The van der Waals surface area contributed by atoms with E-state index in [0.717, 1.165) is 30.2 Å². The van der Waals surface area contributed by atoms with Crippen LogP contribution in [-0.4, -0.2) is 19.8 Å². The summed E-state index contributed by atoms with van der Waals surface area (Å²) in [6.07, 6.45) is 0.960. The standard InChI is InChI=1S/C18H21NO2/c1-12-4-6-17(20-3)14(8-12)10-15-11-19-16-9-13(2)5-7-18(16)21-15/h4-9,15,19H,10-11H2,1-3H3. The Morgan fingerprint density at radius 3 is 2.71 bits per heavy atom.